The van der Waals surface area contributed by atoms with E-state index in [1.807, 2.05) is 4.68 Å². The highest BCUT2D eigenvalue weighted by molar-refractivity contribution is 6.31. The number of halogens is 1. The Kier molecular flexibility index (Phi) is 5.43. The Hall–Kier alpha value is -1.32. The van der Waals surface area contributed by atoms with E-state index in [2.05, 4.69) is 62.4 Å². The summed E-state index contributed by atoms with van der Waals surface area (Å²) in [6, 6.07) is 8.91. The van der Waals surface area contributed by atoms with Gasteiger partial charge in [0.1, 0.15) is 0 Å². The molecule has 21 heavy (non-hydrogen) atoms. The molecular weight excluding hydrogens is 282 g/mol. The molecule has 1 aromatic carbocycles. The lowest BCUT2D eigenvalue weighted by atomic mass is 10.0. The number of aromatic nitrogens is 2. The maximum Gasteiger partial charge on any atom is 0.0837 e. The zero-order chi connectivity index (χ0) is 15.4. The fourth-order valence-electron chi connectivity index (χ4n) is 2.54. The van der Waals surface area contributed by atoms with Crippen molar-refractivity contribution in [3.05, 3.63) is 52.3 Å². The van der Waals surface area contributed by atoms with Crippen molar-refractivity contribution in [3.8, 4) is 0 Å². The highest BCUT2D eigenvalue weighted by Crippen LogP contribution is 2.30. The van der Waals surface area contributed by atoms with Gasteiger partial charge in [0.05, 0.1) is 23.0 Å². The lowest BCUT2D eigenvalue weighted by Gasteiger charge is -2.23. The van der Waals surface area contributed by atoms with E-state index in [-0.39, 0.29) is 12.1 Å². The molecule has 0 aliphatic heterocycles. The Labute approximate surface area is 132 Å². The first-order valence-corrected chi connectivity index (χ1v) is 7.95. The topological polar surface area (TPSA) is 29.9 Å². The summed E-state index contributed by atoms with van der Waals surface area (Å²) in [4.78, 5) is 0. The number of nitrogens with zero attached hydrogens (tertiary/aromatic N) is 2. The number of hydrogen-bond acceptors (Lipinski definition) is 2. The molecule has 0 aliphatic rings. The van der Waals surface area contributed by atoms with Crippen LogP contribution in [0.2, 0.25) is 5.02 Å². The van der Waals surface area contributed by atoms with Crippen LogP contribution in [0.4, 0.5) is 0 Å². The Morgan fingerprint density at radius 3 is 2.71 bits per heavy atom. The lowest BCUT2D eigenvalue weighted by Crippen LogP contribution is -2.26. The fourth-order valence-corrected chi connectivity index (χ4v) is 2.78. The maximum absolute atomic E-state index is 6.43. The van der Waals surface area contributed by atoms with Crippen LogP contribution in [0.15, 0.2) is 30.5 Å². The molecule has 0 bridgehead atoms. The van der Waals surface area contributed by atoms with Gasteiger partial charge in [-0.3, -0.25) is 4.68 Å². The third-order valence-electron chi connectivity index (χ3n) is 3.52. The third kappa shape index (κ3) is 3.66. The number of aryl methyl sites for hydroxylation is 1. The Balaban J connectivity index is 2.48. The van der Waals surface area contributed by atoms with Gasteiger partial charge in [-0.1, -0.05) is 48.4 Å². The van der Waals surface area contributed by atoms with Crippen molar-refractivity contribution in [1.29, 1.82) is 0 Å². The smallest absolute Gasteiger partial charge is 0.0837 e. The molecule has 114 valence electrons. The quantitative estimate of drug-likeness (QED) is 0.850. The summed E-state index contributed by atoms with van der Waals surface area (Å²) in [5.41, 5.74) is 3.53. The molecule has 0 saturated heterocycles. The number of benzene rings is 1. The fraction of sp³-hybridized carbons (Fsp3) is 0.471. The normalized spacial score (nSPS) is 12.9. The second-order valence-electron chi connectivity index (χ2n) is 5.72. The van der Waals surface area contributed by atoms with Crippen molar-refractivity contribution in [2.45, 2.75) is 46.2 Å². The standard InChI is InChI=1S/C17H24ClN3/c1-5-9-19-16(14-8-6-7-13(4)10-14)17-15(18)11-20-21(17)12(2)3/h6-8,10-12,16,19H,5,9H2,1-4H3. The van der Waals surface area contributed by atoms with E-state index in [4.69, 9.17) is 11.6 Å². The summed E-state index contributed by atoms with van der Waals surface area (Å²) >= 11 is 6.43. The number of rotatable bonds is 6. The summed E-state index contributed by atoms with van der Waals surface area (Å²) in [7, 11) is 0. The van der Waals surface area contributed by atoms with Crippen LogP contribution in [0.5, 0.6) is 0 Å². The Bertz CT molecular complexity index is 589. The monoisotopic (exact) mass is 305 g/mol. The molecule has 0 aliphatic carbocycles. The third-order valence-corrected chi connectivity index (χ3v) is 3.81. The molecule has 0 radical (unpaired) electrons. The van der Waals surface area contributed by atoms with Gasteiger partial charge in [0, 0.05) is 6.04 Å². The first-order valence-electron chi connectivity index (χ1n) is 7.57. The minimum Gasteiger partial charge on any atom is -0.305 e. The van der Waals surface area contributed by atoms with E-state index in [9.17, 15) is 0 Å². The van der Waals surface area contributed by atoms with E-state index in [1.54, 1.807) is 6.20 Å². The molecule has 1 unspecified atom stereocenters. The molecule has 1 N–H and O–H groups in total. The van der Waals surface area contributed by atoms with Crippen molar-refractivity contribution in [2.75, 3.05) is 6.54 Å². The lowest BCUT2D eigenvalue weighted by molar-refractivity contribution is 0.472. The van der Waals surface area contributed by atoms with Crippen LogP contribution in [-0.4, -0.2) is 16.3 Å². The minimum absolute atomic E-state index is 0.0715. The van der Waals surface area contributed by atoms with E-state index >= 15 is 0 Å². The molecular formula is C17H24ClN3. The van der Waals surface area contributed by atoms with E-state index in [1.165, 1.54) is 11.1 Å². The average Bonchev–Trinajstić information content (AvgIpc) is 2.82. The van der Waals surface area contributed by atoms with Gasteiger partial charge < -0.3 is 5.32 Å². The molecule has 0 fully saturated rings. The molecule has 0 spiro atoms. The van der Waals surface area contributed by atoms with Crippen LogP contribution in [0.3, 0.4) is 0 Å². The van der Waals surface area contributed by atoms with Crippen molar-refractivity contribution in [2.24, 2.45) is 0 Å². The maximum atomic E-state index is 6.43. The molecule has 2 rings (SSSR count). The second kappa shape index (κ2) is 7.10. The van der Waals surface area contributed by atoms with Crippen LogP contribution in [0, 0.1) is 6.92 Å². The molecule has 0 saturated carbocycles. The average molecular weight is 306 g/mol. The highest BCUT2D eigenvalue weighted by Gasteiger charge is 2.22. The largest absolute Gasteiger partial charge is 0.305 e. The Morgan fingerprint density at radius 2 is 2.10 bits per heavy atom. The van der Waals surface area contributed by atoms with Gasteiger partial charge >= 0.3 is 0 Å². The molecule has 1 atom stereocenters. The molecule has 1 aromatic heterocycles. The predicted octanol–water partition coefficient (Wildman–Crippen LogP) is 4.51. The summed E-state index contributed by atoms with van der Waals surface area (Å²) in [6.07, 6.45) is 2.82. The molecule has 2 aromatic rings. The van der Waals surface area contributed by atoms with Gasteiger partial charge in [-0.25, -0.2) is 0 Å². The summed E-state index contributed by atoms with van der Waals surface area (Å²) in [6.45, 7) is 9.47. The van der Waals surface area contributed by atoms with Crippen LogP contribution in [0.25, 0.3) is 0 Å². The van der Waals surface area contributed by atoms with Gasteiger partial charge in [0.15, 0.2) is 0 Å². The zero-order valence-corrected chi connectivity index (χ0v) is 14.0. The first-order chi connectivity index (χ1) is 10.0. The highest BCUT2D eigenvalue weighted by atomic mass is 35.5. The summed E-state index contributed by atoms with van der Waals surface area (Å²) < 4.78 is 2.01. The van der Waals surface area contributed by atoms with E-state index < -0.39 is 0 Å². The van der Waals surface area contributed by atoms with Gasteiger partial charge in [-0.2, -0.15) is 5.10 Å². The SMILES string of the molecule is CCCNC(c1cccc(C)c1)c1c(Cl)cnn1C(C)C. The van der Waals surface area contributed by atoms with Crippen molar-refractivity contribution in [3.63, 3.8) is 0 Å². The van der Waals surface area contributed by atoms with Gasteiger partial charge in [-0.15, -0.1) is 0 Å². The van der Waals surface area contributed by atoms with Gasteiger partial charge in [0.25, 0.3) is 0 Å². The van der Waals surface area contributed by atoms with E-state index in [0.29, 0.717) is 0 Å². The van der Waals surface area contributed by atoms with Crippen molar-refractivity contribution >= 4 is 11.6 Å². The number of nitrogens with one attached hydrogen (secondary N) is 1. The zero-order valence-electron chi connectivity index (χ0n) is 13.2. The number of hydrogen-bond donors (Lipinski definition) is 1. The van der Waals surface area contributed by atoms with Crippen LogP contribution in [0.1, 0.15) is 56.1 Å². The summed E-state index contributed by atoms with van der Waals surface area (Å²) in [5, 5.41) is 8.76. The second-order valence-corrected chi connectivity index (χ2v) is 6.12. The Morgan fingerprint density at radius 1 is 1.33 bits per heavy atom. The van der Waals surface area contributed by atoms with Crippen LogP contribution >= 0.6 is 11.6 Å². The first kappa shape index (κ1) is 16.1. The van der Waals surface area contributed by atoms with Gasteiger partial charge in [-0.05, 0) is 39.3 Å². The minimum atomic E-state index is 0.0715. The van der Waals surface area contributed by atoms with Crippen LogP contribution < -0.4 is 5.32 Å². The molecule has 4 heteroatoms. The molecule has 1 heterocycles. The van der Waals surface area contributed by atoms with Gasteiger partial charge in [0.2, 0.25) is 0 Å². The molecule has 0 amide bonds. The van der Waals surface area contributed by atoms with Crippen molar-refractivity contribution < 1.29 is 0 Å². The molecule has 3 nitrogen and oxygen atoms in total. The van der Waals surface area contributed by atoms with E-state index in [0.717, 1.165) is 23.7 Å². The summed E-state index contributed by atoms with van der Waals surface area (Å²) in [5.74, 6) is 0. The predicted molar refractivity (Wildman–Crippen MR) is 88.9 cm³/mol. The van der Waals surface area contributed by atoms with Crippen molar-refractivity contribution in [1.82, 2.24) is 15.1 Å². The van der Waals surface area contributed by atoms with Crippen LogP contribution in [-0.2, 0) is 0 Å².